The Balaban J connectivity index is 1.73. The first kappa shape index (κ1) is 12.9. The first-order valence-corrected chi connectivity index (χ1v) is 7.24. The highest BCUT2D eigenvalue weighted by Crippen LogP contribution is 2.34. The molecule has 1 atom stereocenters. The fraction of sp³-hybridized carbons (Fsp3) is 0.571. The first-order chi connectivity index (χ1) is 8.18. The van der Waals surface area contributed by atoms with Crippen LogP contribution < -0.4 is 0 Å². The predicted octanol–water partition coefficient (Wildman–Crippen LogP) is 3.65. The van der Waals surface area contributed by atoms with Crippen molar-refractivity contribution in [1.82, 2.24) is 4.90 Å². The van der Waals surface area contributed by atoms with Gasteiger partial charge in [-0.25, -0.2) is 4.39 Å². The van der Waals surface area contributed by atoms with Gasteiger partial charge in [-0.2, -0.15) is 0 Å². The number of thioether (sulfide) groups is 1. The lowest BCUT2D eigenvalue weighted by Crippen LogP contribution is -2.32. The van der Waals surface area contributed by atoms with Gasteiger partial charge in [0.15, 0.2) is 0 Å². The molecular weight excluding hydrogens is 233 g/mol. The number of nitrogens with zero attached hydrogens (tertiary/aromatic N) is 1. The van der Waals surface area contributed by atoms with Gasteiger partial charge in [0.25, 0.3) is 0 Å². The van der Waals surface area contributed by atoms with Gasteiger partial charge in [-0.05, 0) is 44.9 Å². The summed E-state index contributed by atoms with van der Waals surface area (Å²) in [6.45, 7) is 3.32. The predicted molar refractivity (Wildman–Crippen MR) is 71.9 cm³/mol. The van der Waals surface area contributed by atoms with Gasteiger partial charge < -0.3 is 4.90 Å². The minimum atomic E-state index is -0.101. The Labute approximate surface area is 107 Å². The molecule has 0 N–H and O–H groups in total. The van der Waals surface area contributed by atoms with Crippen LogP contribution in [0.3, 0.4) is 0 Å². The number of hydrogen-bond acceptors (Lipinski definition) is 2. The van der Waals surface area contributed by atoms with Crippen molar-refractivity contribution in [3.63, 3.8) is 0 Å². The van der Waals surface area contributed by atoms with Crippen molar-refractivity contribution in [2.24, 2.45) is 5.92 Å². The zero-order valence-corrected chi connectivity index (χ0v) is 11.3. The molecule has 1 aromatic carbocycles. The van der Waals surface area contributed by atoms with Crippen LogP contribution in [0.2, 0.25) is 0 Å². The quantitative estimate of drug-likeness (QED) is 0.712. The largest absolute Gasteiger partial charge is 0.303 e. The zero-order chi connectivity index (χ0) is 12.3. The standard InChI is InChI=1S/C14H20FNS/c1-11(12-7-8-12)16(2)9-10-17-14-6-4-3-5-13(14)15/h3-6,11-12H,7-10H2,1-2H3. The van der Waals surface area contributed by atoms with Crippen molar-refractivity contribution in [2.75, 3.05) is 19.3 Å². The third-order valence-electron chi connectivity index (χ3n) is 3.54. The fourth-order valence-corrected chi connectivity index (χ4v) is 2.98. The summed E-state index contributed by atoms with van der Waals surface area (Å²) in [6, 6.07) is 7.68. The van der Waals surface area contributed by atoms with E-state index in [1.54, 1.807) is 17.8 Å². The number of benzene rings is 1. The van der Waals surface area contributed by atoms with Crippen LogP contribution in [0.25, 0.3) is 0 Å². The normalized spacial score (nSPS) is 17.4. The van der Waals surface area contributed by atoms with Crippen LogP contribution in [0.5, 0.6) is 0 Å². The smallest absolute Gasteiger partial charge is 0.136 e. The topological polar surface area (TPSA) is 3.24 Å². The van der Waals surface area contributed by atoms with Crippen molar-refractivity contribution in [3.05, 3.63) is 30.1 Å². The Morgan fingerprint density at radius 3 is 2.76 bits per heavy atom. The van der Waals surface area contributed by atoms with Gasteiger partial charge >= 0.3 is 0 Å². The first-order valence-electron chi connectivity index (χ1n) is 6.26. The monoisotopic (exact) mass is 253 g/mol. The SMILES string of the molecule is CC(C1CC1)N(C)CCSc1ccccc1F. The molecule has 1 unspecified atom stereocenters. The molecule has 0 aromatic heterocycles. The van der Waals surface area contributed by atoms with Crippen molar-refractivity contribution >= 4 is 11.8 Å². The van der Waals surface area contributed by atoms with E-state index >= 15 is 0 Å². The molecular formula is C14H20FNS. The van der Waals surface area contributed by atoms with E-state index in [0.717, 1.165) is 23.1 Å². The van der Waals surface area contributed by atoms with Crippen LogP contribution in [-0.4, -0.2) is 30.3 Å². The number of halogens is 1. The summed E-state index contributed by atoms with van der Waals surface area (Å²) in [7, 11) is 2.17. The van der Waals surface area contributed by atoms with Gasteiger partial charge in [0.2, 0.25) is 0 Å². The molecule has 0 spiro atoms. The molecule has 1 aliphatic rings. The zero-order valence-electron chi connectivity index (χ0n) is 10.5. The molecule has 94 valence electrons. The maximum Gasteiger partial charge on any atom is 0.136 e. The van der Waals surface area contributed by atoms with Gasteiger partial charge in [-0.15, -0.1) is 11.8 Å². The van der Waals surface area contributed by atoms with Crippen LogP contribution in [0.4, 0.5) is 4.39 Å². The molecule has 1 nitrogen and oxygen atoms in total. The Kier molecular flexibility index (Phi) is 4.46. The van der Waals surface area contributed by atoms with Crippen molar-refractivity contribution in [2.45, 2.75) is 30.7 Å². The minimum absolute atomic E-state index is 0.101. The lowest BCUT2D eigenvalue weighted by molar-refractivity contribution is 0.248. The van der Waals surface area contributed by atoms with Gasteiger partial charge in [0.1, 0.15) is 5.82 Å². The molecule has 0 bridgehead atoms. The van der Waals surface area contributed by atoms with Crippen molar-refractivity contribution in [1.29, 1.82) is 0 Å². The second-order valence-electron chi connectivity index (χ2n) is 4.84. The second-order valence-corrected chi connectivity index (χ2v) is 5.97. The van der Waals surface area contributed by atoms with Crippen LogP contribution in [0.1, 0.15) is 19.8 Å². The van der Waals surface area contributed by atoms with E-state index in [2.05, 4.69) is 18.9 Å². The van der Waals surface area contributed by atoms with E-state index in [1.165, 1.54) is 18.9 Å². The van der Waals surface area contributed by atoms with Crippen LogP contribution in [0.15, 0.2) is 29.2 Å². The average Bonchev–Trinajstić information content (AvgIpc) is 3.14. The van der Waals surface area contributed by atoms with Crippen molar-refractivity contribution < 1.29 is 4.39 Å². The molecule has 0 amide bonds. The lowest BCUT2D eigenvalue weighted by Gasteiger charge is -2.24. The molecule has 2 rings (SSSR count). The van der Waals surface area contributed by atoms with Crippen molar-refractivity contribution in [3.8, 4) is 0 Å². The molecule has 17 heavy (non-hydrogen) atoms. The summed E-state index contributed by atoms with van der Waals surface area (Å²) in [4.78, 5) is 3.16. The number of rotatable bonds is 6. The maximum absolute atomic E-state index is 13.4. The number of hydrogen-bond donors (Lipinski definition) is 0. The van der Waals surface area contributed by atoms with Gasteiger partial charge in [0, 0.05) is 23.2 Å². The highest BCUT2D eigenvalue weighted by atomic mass is 32.2. The Bertz CT molecular complexity index is 365. The molecule has 1 fully saturated rings. The lowest BCUT2D eigenvalue weighted by atomic mass is 10.2. The van der Waals surface area contributed by atoms with E-state index in [0.29, 0.717) is 6.04 Å². The highest BCUT2D eigenvalue weighted by molar-refractivity contribution is 7.99. The summed E-state index contributed by atoms with van der Waals surface area (Å²) in [5.41, 5.74) is 0. The van der Waals surface area contributed by atoms with E-state index < -0.39 is 0 Å². The molecule has 0 saturated heterocycles. The van der Waals surface area contributed by atoms with E-state index in [9.17, 15) is 4.39 Å². The van der Waals surface area contributed by atoms with E-state index in [4.69, 9.17) is 0 Å². The maximum atomic E-state index is 13.4. The molecule has 0 aliphatic heterocycles. The Morgan fingerprint density at radius 2 is 2.12 bits per heavy atom. The summed E-state index contributed by atoms with van der Waals surface area (Å²) >= 11 is 1.61. The Hall–Kier alpha value is -0.540. The molecule has 1 saturated carbocycles. The van der Waals surface area contributed by atoms with Gasteiger partial charge in [-0.1, -0.05) is 12.1 Å². The molecule has 1 aromatic rings. The highest BCUT2D eigenvalue weighted by Gasteiger charge is 2.30. The summed E-state index contributed by atoms with van der Waals surface area (Å²) in [5, 5.41) is 0. The third kappa shape index (κ3) is 3.71. The van der Waals surface area contributed by atoms with Gasteiger partial charge in [0.05, 0.1) is 0 Å². The summed E-state index contributed by atoms with van der Waals surface area (Å²) in [6.07, 6.45) is 2.76. The molecule has 0 radical (unpaired) electrons. The second kappa shape index (κ2) is 5.87. The van der Waals surface area contributed by atoms with Crippen LogP contribution in [0, 0.1) is 11.7 Å². The molecule has 0 heterocycles. The van der Waals surface area contributed by atoms with E-state index in [1.807, 2.05) is 12.1 Å². The van der Waals surface area contributed by atoms with Crippen LogP contribution in [-0.2, 0) is 0 Å². The fourth-order valence-electron chi connectivity index (χ4n) is 2.00. The minimum Gasteiger partial charge on any atom is -0.303 e. The molecule has 1 aliphatic carbocycles. The van der Waals surface area contributed by atoms with Crippen LogP contribution >= 0.6 is 11.8 Å². The summed E-state index contributed by atoms with van der Waals surface area (Å²) in [5.74, 6) is 1.75. The van der Waals surface area contributed by atoms with Gasteiger partial charge in [-0.3, -0.25) is 0 Å². The molecule has 3 heteroatoms. The average molecular weight is 253 g/mol. The Morgan fingerprint density at radius 1 is 1.41 bits per heavy atom. The van der Waals surface area contributed by atoms with E-state index in [-0.39, 0.29) is 5.82 Å². The summed E-state index contributed by atoms with van der Waals surface area (Å²) < 4.78 is 13.4. The third-order valence-corrected chi connectivity index (χ3v) is 4.57.